The molecule has 0 saturated heterocycles. The zero-order chi connectivity index (χ0) is 21.1. The van der Waals surface area contributed by atoms with Crippen LogP contribution >= 0.6 is 0 Å². The number of amides is 1. The minimum atomic E-state index is -3.74. The molecule has 0 aliphatic rings. The number of imidazole rings is 1. The number of aromatic nitrogens is 2. The third-order valence-electron chi connectivity index (χ3n) is 4.65. The number of aryl methyl sites for hydroxylation is 1. The van der Waals surface area contributed by atoms with Gasteiger partial charge < -0.3 is 4.57 Å². The fourth-order valence-corrected chi connectivity index (χ4v) is 4.23. The van der Waals surface area contributed by atoms with Crippen LogP contribution in [0.5, 0.6) is 0 Å². The molecule has 4 aromatic rings. The van der Waals surface area contributed by atoms with Crippen LogP contribution in [0.1, 0.15) is 17.3 Å². The number of benzene rings is 3. The van der Waals surface area contributed by atoms with Crippen molar-refractivity contribution in [3.05, 3.63) is 84.4 Å². The maximum absolute atomic E-state index is 12.7. The molecule has 0 atom stereocenters. The molecule has 1 amide bonds. The van der Waals surface area contributed by atoms with Crippen LogP contribution < -0.4 is 10.0 Å². The van der Waals surface area contributed by atoms with Gasteiger partial charge in [-0.15, -0.1) is 0 Å². The lowest BCUT2D eigenvalue weighted by Crippen LogP contribution is -2.17. The van der Waals surface area contributed by atoms with Gasteiger partial charge in [0.15, 0.2) is 0 Å². The summed E-state index contributed by atoms with van der Waals surface area (Å²) in [5.74, 6) is 0.0890. The Kier molecular flexibility index (Phi) is 5.24. The van der Waals surface area contributed by atoms with Crippen LogP contribution in [0.15, 0.2) is 83.8 Å². The van der Waals surface area contributed by atoms with Gasteiger partial charge in [0.05, 0.1) is 15.9 Å². The Balaban J connectivity index is 1.54. The smallest absolute Gasteiger partial charge is 0.261 e. The van der Waals surface area contributed by atoms with E-state index in [1.54, 1.807) is 30.3 Å². The van der Waals surface area contributed by atoms with Crippen molar-refractivity contribution in [3.8, 4) is 0 Å². The molecular weight excluding hydrogens is 400 g/mol. The standard InChI is InChI=1S/C22H20N4O3S/c1-2-26-20-11-7-6-10-19(20)23-22(26)24-21(27)16-12-14-18(15-13-16)30(28,29)25-17-8-4-3-5-9-17/h3-15,25H,2H2,1H3,(H,23,24,27). The van der Waals surface area contributed by atoms with Gasteiger partial charge in [0.25, 0.3) is 15.9 Å². The Labute approximate surface area is 174 Å². The average Bonchev–Trinajstić information content (AvgIpc) is 3.11. The quantitative estimate of drug-likeness (QED) is 0.491. The summed E-state index contributed by atoms with van der Waals surface area (Å²) in [6.45, 7) is 2.63. The molecule has 7 nitrogen and oxygen atoms in total. The van der Waals surface area contributed by atoms with Crippen molar-refractivity contribution < 1.29 is 13.2 Å². The minimum Gasteiger partial charge on any atom is -0.310 e. The molecule has 4 rings (SSSR count). The van der Waals surface area contributed by atoms with E-state index in [2.05, 4.69) is 15.0 Å². The fraction of sp³-hybridized carbons (Fsp3) is 0.0909. The molecule has 0 fully saturated rings. The van der Waals surface area contributed by atoms with Crippen molar-refractivity contribution in [2.45, 2.75) is 18.4 Å². The molecule has 0 aliphatic carbocycles. The summed E-state index contributed by atoms with van der Waals surface area (Å²) in [6, 6.07) is 22.0. The van der Waals surface area contributed by atoms with Gasteiger partial charge in [-0.2, -0.15) is 0 Å². The number of fused-ring (bicyclic) bond motifs is 1. The first-order valence-corrected chi connectivity index (χ1v) is 10.9. The minimum absolute atomic E-state index is 0.0729. The van der Waals surface area contributed by atoms with Gasteiger partial charge in [0.2, 0.25) is 5.95 Å². The maximum atomic E-state index is 12.7. The lowest BCUT2D eigenvalue weighted by molar-refractivity contribution is 0.102. The molecule has 0 spiro atoms. The predicted octanol–water partition coefficient (Wildman–Crippen LogP) is 4.11. The molecule has 2 N–H and O–H groups in total. The summed E-state index contributed by atoms with van der Waals surface area (Å²) < 4.78 is 29.5. The normalized spacial score (nSPS) is 11.4. The lowest BCUT2D eigenvalue weighted by Gasteiger charge is -2.10. The van der Waals surface area contributed by atoms with Gasteiger partial charge in [0, 0.05) is 17.8 Å². The van der Waals surface area contributed by atoms with Crippen LogP contribution in [-0.4, -0.2) is 23.9 Å². The van der Waals surface area contributed by atoms with Gasteiger partial charge in [-0.05, 0) is 55.5 Å². The Morgan fingerprint density at radius 1 is 0.933 bits per heavy atom. The summed E-state index contributed by atoms with van der Waals surface area (Å²) in [7, 11) is -3.74. The third kappa shape index (κ3) is 3.90. The molecule has 152 valence electrons. The molecule has 1 aromatic heterocycles. The first-order valence-electron chi connectivity index (χ1n) is 9.42. The lowest BCUT2D eigenvalue weighted by atomic mass is 10.2. The van der Waals surface area contributed by atoms with Crippen LogP contribution in [0, 0.1) is 0 Å². The highest BCUT2D eigenvalue weighted by molar-refractivity contribution is 7.92. The van der Waals surface area contributed by atoms with Gasteiger partial charge >= 0.3 is 0 Å². The van der Waals surface area contributed by atoms with Crippen molar-refractivity contribution in [1.29, 1.82) is 0 Å². The number of nitrogens with one attached hydrogen (secondary N) is 2. The van der Waals surface area contributed by atoms with Crippen molar-refractivity contribution in [2.24, 2.45) is 0 Å². The van der Waals surface area contributed by atoms with E-state index in [0.717, 1.165) is 11.0 Å². The van der Waals surface area contributed by atoms with Crippen molar-refractivity contribution in [1.82, 2.24) is 9.55 Å². The highest BCUT2D eigenvalue weighted by Gasteiger charge is 2.17. The van der Waals surface area contributed by atoms with Crippen molar-refractivity contribution >= 4 is 38.6 Å². The van der Waals surface area contributed by atoms with Gasteiger partial charge in [-0.1, -0.05) is 30.3 Å². The summed E-state index contributed by atoms with van der Waals surface area (Å²) in [5, 5.41) is 2.81. The van der Waals surface area contributed by atoms with E-state index < -0.39 is 10.0 Å². The fourth-order valence-electron chi connectivity index (χ4n) is 3.17. The van der Waals surface area contributed by atoms with Crippen LogP contribution in [0.2, 0.25) is 0 Å². The Morgan fingerprint density at radius 3 is 2.30 bits per heavy atom. The monoisotopic (exact) mass is 420 g/mol. The van der Waals surface area contributed by atoms with Crippen LogP contribution in [0.3, 0.4) is 0 Å². The topological polar surface area (TPSA) is 93.1 Å². The van der Waals surface area contributed by atoms with E-state index in [0.29, 0.717) is 23.7 Å². The number of anilines is 2. The number of nitrogens with zero attached hydrogens (tertiary/aromatic N) is 2. The Hall–Kier alpha value is -3.65. The van der Waals surface area contributed by atoms with E-state index in [1.807, 2.05) is 35.8 Å². The van der Waals surface area contributed by atoms with Crippen molar-refractivity contribution in [2.75, 3.05) is 10.0 Å². The second kappa shape index (κ2) is 8.00. The van der Waals surface area contributed by atoms with E-state index in [9.17, 15) is 13.2 Å². The van der Waals surface area contributed by atoms with E-state index in [1.165, 1.54) is 24.3 Å². The summed E-state index contributed by atoms with van der Waals surface area (Å²) in [5.41, 5.74) is 2.54. The number of carbonyl (C=O) groups excluding carboxylic acids is 1. The highest BCUT2D eigenvalue weighted by atomic mass is 32.2. The van der Waals surface area contributed by atoms with Crippen LogP contribution in [-0.2, 0) is 16.6 Å². The number of carbonyl (C=O) groups is 1. The van der Waals surface area contributed by atoms with Gasteiger partial charge in [-0.25, -0.2) is 13.4 Å². The van der Waals surface area contributed by atoms with E-state index in [4.69, 9.17) is 0 Å². The van der Waals surface area contributed by atoms with Gasteiger partial charge in [0.1, 0.15) is 0 Å². The van der Waals surface area contributed by atoms with Crippen LogP contribution in [0.4, 0.5) is 11.6 Å². The molecule has 0 unspecified atom stereocenters. The molecule has 8 heteroatoms. The predicted molar refractivity (Wildman–Crippen MR) is 117 cm³/mol. The van der Waals surface area contributed by atoms with Crippen LogP contribution in [0.25, 0.3) is 11.0 Å². The number of hydrogen-bond donors (Lipinski definition) is 2. The maximum Gasteiger partial charge on any atom is 0.261 e. The molecule has 3 aromatic carbocycles. The first-order chi connectivity index (χ1) is 14.5. The Morgan fingerprint density at radius 2 is 1.60 bits per heavy atom. The number of rotatable bonds is 6. The second-order valence-corrected chi connectivity index (χ2v) is 8.30. The van der Waals surface area contributed by atoms with Crippen molar-refractivity contribution in [3.63, 3.8) is 0 Å². The molecule has 0 radical (unpaired) electrons. The molecule has 0 saturated carbocycles. The summed E-state index contributed by atoms with van der Waals surface area (Å²) in [4.78, 5) is 17.2. The molecule has 1 heterocycles. The summed E-state index contributed by atoms with van der Waals surface area (Å²) >= 11 is 0. The summed E-state index contributed by atoms with van der Waals surface area (Å²) in [6.07, 6.45) is 0. The number of para-hydroxylation sites is 3. The third-order valence-corrected chi connectivity index (χ3v) is 6.05. The number of hydrogen-bond acceptors (Lipinski definition) is 4. The van der Waals surface area contributed by atoms with E-state index in [-0.39, 0.29) is 10.8 Å². The van der Waals surface area contributed by atoms with E-state index >= 15 is 0 Å². The average molecular weight is 420 g/mol. The molecule has 0 bridgehead atoms. The Bertz CT molecular complexity index is 1300. The zero-order valence-corrected chi connectivity index (χ0v) is 17.1. The number of sulfonamides is 1. The molecule has 30 heavy (non-hydrogen) atoms. The largest absolute Gasteiger partial charge is 0.310 e. The zero-order valence-electron chi connectivity index (χ0n) is 16.2. The SMILES string of the molecule is CCn1c(NC(=O)c2ccc(S(=O)(=O)Nc3ccccc3)cc2)nc2ccccc21. The molecular formula is C22H20N4O3S. The first kappa shape index (κ1) is 19.7. The molecule has 0 aliphatic heterocycles. The highest BCUT2D eigenvalue weighted by Crippen LogP contribution is 2.21. The van der Waals surface area contributed by atoms with Gasteiger partial charge in [-0.3, -0.25) is 14.8 Å². The second-order valence-electron chi connectivity index (χ2n) is 6.62.